The van der Waals surface area contributed by atoms with Crippen LogP contribution in [0.4, 0.5) is 4.39 Å². The number of aromatic nitrogens is 1. The number of rotatable bonds is 6. The molecule has 2 N–H and O–H groups in total. The van der Waals surface area contributed by atoms with Gasteiger partial charge in [0, 0.05) is 5.56 Å². The highest BCUT2D eigenvalue weighted by Crippen LogP contribution is 2.34. The van der Waals surface area contributed by atoms with Crippen molar-refractivity contribution in [2.75, 3.05) is 32.8 Å². The fourth-order valence-electron chi connectivity index (χ4n) is 4.01. The van der Waals surface area contributed by atoms with Crippen LogP contribution < -0.4 is 10.2 Å². The Morgan fingerprint density at radius 2 is 1.84 bits per heavy atom. The topological polar surface area (TPSA) is 55.7 Å². The van der Waals surface area contributed by atoms with Crippen LogP contribution in [0.25, 0.3) is 20.1 Å². The molecule has 1 aliphatic rings. The van der Waals surface area contributed by atoms with Gasteiger partial charge >= 0.3 is 0 Å². The standard InChI is InChI=1S/C24H22FN3O2S2/c25-17-7-5-16(6-8-17)19(28-11-13-30-14-12-28)15-26-23(29)21-9-10-22(31-21)24-27-18-3-1-2-4-20(18)32-24/h1-10,19H,11-15H2,(H,26,29)/p+1/t19-/m0/s1. The number of morpholine rings is 1. The number of fused-ring (bicyclic) bond motifs is 1. The molecule has 2 aromatic carbocycles. The first-order chi connectivity index (χ1) is 15.7. The number of hydrogen-bond donors (Lipinski definition) is 2. The average molecular weight is 469 g/mol. The summed E-state index contributed by atoms with van der Waals surface area (Å²) < 4.78 is 20.1. The van der Waals surface area contributed by atoms with E-state index >= 15 is 0 Å². The Labute approximate surface area is 193 Å². The summed E-state index contributed by atoms with van der Waals surface area (Å²) in [6, 6.07) is 18.5. The van der Waals surface area contributed by atoms with Crippen LogP contribution in [0.1, 0.15) is 21.3 Å². The van der Waals surface area contributed by atoms with E-state index in [1.807, 2.05) is 42.5 Å². The van der Waals surface area contributed by atoms with E-state index < -0.39 is 0 Å². The summed E-state index contributed by atoms with van der Waals surface area (Å²) in [5, 5.41) is 4.03. The molecule has 164 valence electrons. The van der Waals surface area contributed by atoms with Gasteiger partial charge in [-0.05, 0) is 36.4 Å². The number of carbonyl (C=O) groups excluding carboxylic acids is 1. The summed E-state index contributed by atoms with van der Waals surface area (Å²) in [7, 11) is 0. The quantitative estimate of drug-likeness (QED) is 0.455. The predicted octanol–water partition coefficient (Wildman–Crippen LogP) is 3.55. The molecule has 1 aliphatic heterocycles. The second-order valence-electron chi connectivity index (χ2n) is 7.74. The maximum atomic E-state index is 13.4. The molecular weight excluding hydrogens is 445 g/mol. The number of carbonyl (C=O) groups is 1. The lowest BCUT2D eigenvalue weighted by Gasteiger charge is -2.32. The van der Waals surface area contributed by atoms with Crippen molar-refractivity contribution in [3.8, 4) is 9.88 Å². The largest absolute Gasteiger partial charge is 0.370 e. The Bertz CT molecular complexity index is 1180. The van der Waals surface area contributed by atoms with Gasteiger partial charge in [0.2, 0.25) is 0 Å². The van der Waals surface area contributed by atoms with Gasteiger partial charge < -0.3 is 15.0 Å². The summed E-state index contributed by atoms with van der Waals surface area (Å²) in [4.78, 5) is 20.6. The van der Waals surface area contributed by atoms with E-state index in [1.54, 1.807) is 11.3 Å². The Kier molecular flexibility index (Phi) is 6.27. The smallest absolute Gasteiger partial charge is 0.261 e. The molecule has 5 nitrogen and oxygen atoms in total. The molecule has 4 aromatic rings. The van der Waals surface area contributed by atoms with E-state index in [1.165, 1.54) is 28.4 Å². The van der Waals surface area contributed by atoms with Gasteiger partial charge in [0.1, 0.15) is 30.0 Å². The molecule has 0 saturated carbocycles. The predicted molar refractivity (Wildman–Crippen MR) is 126 cm³/mol. The van der Waals surface area contributed by atoms with Crippen LogP contribution in [-0.2, 0) is 4.74 Å². The minimum absolute atomic E-state index is 0.0483. The lowest BCUT2D eigenvalue weighted by atomic mass is 10.0. The molecular formula is C24H23FN3O2S2+. The SMILES string of the molecule is O=C(NC[C@@H](c1ccc(F)cc1)[NH+]1CCOCC1)c1ccc(-c2nc3ccccc3s2)s1. The lowest BCUT2D eigenvalue weighted by Crippen LogP contribution is -3.15. The average Bonchev–Trinajstić information content (AvgIpc) is 3.48. The highest BCUT2D eigenvalue weighted by Gasteiger charge is 2.27. The molecule has 0 aliphatic carbocycles. The molecule has 0 unspecified atom stereocenters. The lowest BCUT2D eigenvalue weighted by molar-refractivity contribution is -0.937. The van der Waals surface area contributed by atoms with Gasteiger partial charge in [0.25, 0.3) is 5.91 Å². The Hall–Kier alpha value is -2.65. The molecule has 1 atom stereocenters. The molecule has 2 aromatic heterocycles. The van der Waals surface area contributed by atoms with Crippen LogP contribution in [0.3, 0.4) is 0 Å². The Morgan fingerprint density at radius 1 is 1.06 bits per heavy atom. The zero-order chi connectivity index (χ0) is 21.9. The van der Waals surface area contributed by atoms with E-state index in [4.69, 9.17) is 4.74 Å². The maximum Gasteiger partial charge on any atom is 0.261 e. The van der Waals surface area contributed by atoms with Crippen LogP contribution in [-0.4, -0.2) is 43.7 Å². The normalized spacial score (nSPS) is 15.7. The second-order valence-corrected chi connectivity index (χ2v) is 9.85. The minimum atomic E-state index is -0.255. The van der Waals surface area contributed by atoms with Gasteiger partial charge in [-0.3, -0.25) is 4.79 Å². The first-order valence-corrected chi connectivity index (χ1v) is 12.2. The van der Waals surface area contributed by atoms with Crippen LogP contribution >= 0.6 is 22.7 Å². The molecule has 0 radical (unpaired) electrons. The summed E-state index contributed by atoms with van der Waals surface area (Å²) >= 11 is 3.09. The fourth-order valence-corrected chi connectivity index (χ4v) is 5.95. The van der Waals surface area contributed by atoms with Gasteiger partial charge in [-0.25, -0.2) is 9.37 Å². The van der Waals surface area contributed by atoms with E-state index in [9.17, 15) is 9.18 Å². The van der Waals surface area contributed by atoms with Crippen LogP contribution in [0.2, 0.25) is 0 Å². The number of ether oxygens (including phenoxy) is 1. The zero-order valence-electron chi connectivity index (χ0n) is 17.3. The van der Waals surface area contributed by atoms with E-state index in [-0.39, 0.29) is 17.8 Å². The molecule has 8 heteroatoms. The Morgan fingerprint density at radius 3 is 2.62 bits per heavy atom. The monoisotopic (exact) mass is 468 g/mol. The zero-order valence-corrected chi connectivity index (χ0v) is 19.0. The number of amides is 1. The molecule has 32 heavy (non-hydrogen) atoms. The first-order valence-electron chi connectivity index (χ1n) is 10.6. The number of nitrogens with zero attached hydrogens (tertiary/aromatic N) is 1. The molecule has 0 bridgehead atoms. The van der Waals surface area contributed by atoms with Crippen molar-refractivity contribution >= 4 is 38.8 Å². The minimum Gasteiger partial charge on any atom is -0.370 e. The summed E-state index contributed by atoms with van der Waals surface area (Å²) in [6.07, 6.45) is 0. The van der Waals surface area contributed by atoms with Gasteiger partial charge in [-0.15, -0.1) is 22.7 Å². The van der Waals surface area contributed by atoms with Crippen molar-refractivity contribution < 1.29 is 18.8 Å². The highest BCUT2D eigenvalue weighted by molar-refractivity contribution is 7.26. The van der Waals surface area contributed by atoms with Gasteiger partial charge in [0.15, 0.2) is 0 Å². The van der Waals surface area contributed by atoms with Gasteiger partial charge in [-0.2, -0.15) is 0 Å². The number of thiophene rings is 1. The third-order valence-corrected chi connectivity index (χ3v) is 7.99. The van der Waals surface area contributed by atoms with Crippen molar-refractivity contribution in [3.63, 3.8) is 0 Å². The summed E-state index contributed by atoms with van der Waals surface area (Å²) in [5.41, 5.74) is 1.99. The number of nitrogens with one attached hydrogen (secondary N) is 2. The molecule has 3 heterocycles. The van der Waals surface area contributed by atoms with Gasteiger partial charge in [-0.1, -0.05) is 24.3 Å². The van der Waals surface area contributed by atoms with Crippen molar-refractivity contribution in [2.24, 2.45) is 0 Å². The van der Waals surface area contributed by atoms with Gasteiger partial charge in [0.05, 0.1) is 39.7 Å². The fraction of sp³-hybridized carbons (Fsp3) is 0.250. The third kappa shape index (κ3) is 4.59. The third-order valence-electron chi connectivity index (χ3n) is 5.70. The van der Waals surface area contributed by atoms with Crippen LogP contribution in [0.15, 0.2) is 60.7 Å². The number of para-hydroxylation sites is 1. The number of hydrogen-bond acceptors (Lipinski definition) is 5. The maximum absolute atomic E-state index is 13.4. The number of benzene rings is 2. The Balaban J connectivity index is 1.30. The number of halogens is 1. The van der Waals surface area contributed by atoms with E-state index in [0.717, 1.165) is 38.8 Å². The van der Waals surface area contributed by atoms with E-state index in [2.05, 4.69) is 16.4 Å². The van der Waals surface area contributed by atoms with Crippen molar-refractivity contribution in [1.82, 2.24) is 10.3 Å². The second kappa shape index (κ2) is 9.46. The van der Waals surface area contributed by atoms with E-state index in [0.29, 0.717) is 24.6 Å². The van der Waals surface area contributed by atoms with Crippen molar-refractivity contribution in [1.29, 1.82) is 0 Å². The van der Waals surface area contributed by atoms with Crippen molar-refractivity contribution in [3.05, 3.63) is 76.9 Å². The van der Waals surface area contributed by atoms with Crippen LogP contribution in [0.5, 0.6) is 0 Å². The summed E-state index contributed by atoms with van der Waals surface area (Å²) in [6.45, 7) is 3.58. The van der Waals surface area contributed by atoms with Crippen LogP contribution in [0, 0.1) is 5.82 Å². The number of quaternary nitrogens is 1. The number of thiazole rings is 1. The highest BCUT2D eigenvalue weighted by atomic mass is 32.1. The molecule has 1 saturated heterocycles. The first kappa shape index (κ1) is 21.2. The summed E-state index contributed by atoms with van der Waals surface area (Å²) in [5.74, 6) is -0.350. The molecule has 1 fully saturated rings. The molecule has 0 spiro atoms. The molecule has 5 rings (SSSR count). The van der Waals surface area contributed by atoms with Crippen molar-refractivity contribution in [2.45, 2.75) is 6.04 Å². The molecule has 1 amide bonds.